The molecule has 0 aliphatic heterocycles. The van der Waals surface area contributed by atoms with E-state index in [1.807, 2.05) is 20.8 Å². The lowest BCUT2D eigenvalue weighted by Gasteiger charge is -2.25. The minimum atomic E-state index is -0.879. The fourth-order valence-electron chi connectivity index (χ4n) is 2.77. The normalized spacial score (nSPS) is 12.8. The molecular formula is C24H34O6. The van der Waals surface area contributed by atoms with Crippen molar-refractivity contribution in [3.05, 3.63) is 71.8 Å². The fraction of sp³-hybridized carbons (Fsp3) is 0.417. The van der Waals surface area contributed by atoms with E-state index in [9.17, 15) is 19.8 Å². The molecule has 0 heterocycles. The molecule has 2 aromatic carbocycles. The van der Waals surface area contributed by atoms with Crippen LogP contribution in [0.2, 0.25) is 0 Å². The van der Waals surface area contributed by atoms with Crippen molar-refractivity contribution < 1.29 is 30.0 Å². The molecule has 2 aromatic rings. The molecule has 0 fully saturated rings. The lowest BCUT2D eigenvalue weighted by atomic mass is 9.89. The third-order valence-corrected chi connectivity index (χ3v) is 4.50. The van der Waals surface area contributed by atoms with Gasteiger partial charge in [-0.3, -0.25) is 0 Å². The Kier molecular flexibility index (Phi) is 14.7. The second kappa shape index (κ2) is 16.1. The summed E-state index contributed by atoms with van der Waals surface area (Å²) in [6.07, 6.45) is 2.71. The maximum atomic E-state index is 10.2. The summed E-state index contributed by atoms with van der Waals surface area (Å²) in [5.74, 6) is -1.69. The van der Waals surface area contributed by atoms with E-state index in [1.165, 1.54) is 0 Å². The van der Waals surface area contributed by atoms with Gasteiger partial charge in [0.15, 0.2) is 0 Å². The summed E-state index contributed by atoms with van der Waals surface area (Å²) in [6, 6.07) is 16.6. The molecule has 166 valence electrons. The summed E-state index contributed by atoms with van der Waals surface area (Å²) in [7, 11) is 0. The molecule has 6 heteroatoms. The lowest BCUT2D eigenvalue weighted by molar-refractivity contribution is 0.00452. The van der Waals surface area contributed by atoms with Crippen LogP contribution >= 0.6 is 0 Å². The number of benzene rings is 2. The van der Waals surface area contributed by atoms with E-state index in [0.717, 1.165) is 25.7 Å². The molecule has 0 spiro atoms. The van der Waals surface area contributed by atoms with Crippen molar-refractivity contribution in [3.8, 4) is 0 Å². The monoisotopic (exact) mass is 418 g/mol. The summed E-state index contributed by atoms with van der Waals surface area (Å²) < 4.78 is 0. The Labute approximate surface area is 178 Å². The molecular weight excluding hydrogens is 384 g/mol. The second-order valence-electron chi connectivity index (χ2n) is 6.75. The Bertz CT molecular complexity index is 653. The molecule has 30 heavy (non-hydrogen) atoms. The fourth-order valence-corrected chi connectivity index (χ4v) is 2.77. The number of carbonyl (C=O) groups is 2. The van der Waals surface area contributed by atoms with Gasteiger partial charge in [-0.1, -0.05) is 63.6 Å². The van der Waals surface area contributed by atoms with Crippen molar-refractivity contribution in [1.82, 2.24) is 0 Å². The predicted molar refractivity (Wildman–Crippen MR) is 118 cm³/mol. The van der Waals surface area contributed by atoms with Gasteiger partial charge in [0.25, 0.3) is 0 Å². The van der Waals surface area contributed by atoms with E-state index in [4.69, 9.17) is 10.2 Å². The minimum Gasteiger partial charge on any atom is -0.478 e. The van der Waals surface area contributed by atoms with Gasteiger partial charge in [-0.15, -0.1) is 0 Å². The molecule has 0 aliphatic rings. The average molecular weight is 419 g/mol. The molecule has 4 N–H and O–H groups in total. The van der Waals surface area contributed by atoms with Crippen LogP contribution in [0.1, 0.15) is 67.2 Å². The van der Waals surface area contributed by atoms with Gasteiger partial charge in [0.1, 0.15) is 0 Å². The van der Waals surface area contributed by atoms with Crippen LogP contribution in [0.25, 0.3) is 0 Å². The first-order valence-corrected chi connectivity index (χ1v) is 10.2. The molecule has 0 radical (unpaired) electrons. The van der Waals surface area contributed by atoms with Crippen molar-refractivity contribution in [3.63, 3.8) is 0 Å². The molecule has 0 saturated heterocycles. The van der Waals surface area contributed by atoms with Crippen LogP contribution in [0.3, 0.4) is 0 Å². The number of aliphatic hydroxyl groups excluding tert-OH is 2. The van der Waals surface area contributed by atoms with Crippen LogP contribution in [0.4, 0.5) is 0 Å². The van der Waals surface area contributed by atoms with E-state index in [1.54, 1.807) is 60.7 Å². The van der Waals surface area contributed by atoms with Gasteiger partial charge in [-0.25, -0.2) is 9.59 Å². The van der Waals surface area contributed by atoms with Crippen molar-refractivity contribution in [2.75, 3.05) is 0 Å². The molecule has 0 saturated carbocycles. The van der Waals surface area contributed by atoms with E-state index in [0.29, 0.717) is 11.1 Å². The zero-order valence-electron chi connectivity index (χ0n) is 17.9. The topological polar surface area (TPSA) is 115 Å². The second-order valence-corrected chi connectivity index (χ2v) is 6.75. The van der Waals surface area contributed by atoms with Crippen LogP contribution in [0, 0.1) is 5.92 Å². The summed E-state index contributed by atoms with van der Waals surface area (Å²) in [5.41, 5.74) is 0.662. The van der Waals surface area contributed by atoms with Crippen LogP contribution in [0.5, 0.6) is 0 Å². The standard InChI is InChI=1S/C10H22O2.2C7H6O2/c1-4-7-10(12)8(5-2)9(11)6-3;2*8-7(9)6-4-2-1-3-5-6/h8-12H,4-7H2,1-3H3;2*1-5H,(H,8,9). The largest absolute Gasteiger partial charge is 0.478 e. The van der Waals surface area contributed by atoms with Crippen LogP contribution in [-0.4, -0.2) is 44.6 Å². The number of hydrogen-bond acceptors (Lipinski definition) is 4. The Morgan fingerprint density at radius 1 is 0.700 bits per heavy atom. The molecule has 6 nitrogen and oxygen atoms in total. The first-order chi connectivity index (χ1) is 14.3. The van der Waals surface area contributed by atoms with Crippen molar-refractivity contribution in [2.24, 2.45) is 5.92 Å². The van der Waals surface area contributed by atoms with Crippen LogP contribution in [0.15, 0.2) is 60.7 Å². The Morgan fingerprint density at radius 2 is 1.10 bits per heavy atom. The third kappa shape index (κ3) is 11.3. The molecule has 3 unspecified atom stereocenters. The van der Waals surface area contributed by atoms with Crippen LogP contribution < -0.4 is 0 Å². The Hall–Kier alpha value is -2.70. The van der Waals surface area contributed by atoms with Crippen molar-refractivity contribution in [2.45, 2.75) is 58.7 Å². The SMILES string of the molecule is CCCC(O)C(CC)C(O)CC.O=C(O)c1ccccc1.O=C(O)c1ccccc1. The summed E-state index contributed by atoms with van der Waals surface area (Å²) in [5, 5.41) is 36.0. The van der Waals surface area contributed by atoms with E-state index < -0.39 is 11.9 Å². The number of carboxylic acids is 2. The van der Waals surface area contributed by atoms with E-state index in [2.05, 4.69) is 0 Å². The van der Waals surface area contributed by atoms with Gasteiger partial charge < -0.3 is 20.4 Å². The number of carboxylic acid groups (broad SMARTS) is 2. The predicted octanol–water partition coefficient (Wildman–Crippen LogP) is 4.71. The molecule has 0 aromatic heterocycles. The smallest absolute Gasteiger partial charge is 0.335 e. The number of aromatic carboxylic acids is 2. The maximum Gasteiger partial charge on any atom is 0.335 e. The number of aliphatic hydroxyl groups is 2. The summed E-state index contributed by atoms with van der Waals surface area (Å²) in [4.78, 5) is 20.4. The van der Waals surface area contributed by atoms with Crippen LogP contribution in [-0.2, 0) is 0 Å². The summed E-state index contributed by atoms with van der Waals surface area (Å²) in [6.45, 7) is 6.02. The van der Waals surface area contributed by atoms with Gasteiger partial charge >= 0.3 is 11.9 Å². The highest BCUT2D eigenvalue weighted by molar-refractivity contribution is 5.87. The zero-order valence-corrected chi connectivity index (χ0v) is 17.9. The minimum absolute atomic E-state index is 0.0648. The highest BCUT2D eigenvalue weighted by Crippen LogP contribution is 2.19. The average Bonchev–Trinajstić information content (AvgIpc) is 2.76. The number of rotatable bonds is 8. The highest BCUT2D eigenvalue weighted by Gasteiger charge is 2.22. The molecule has 0 bridgehead atoms. The highest BCUT2D eigenvalue weighted by atomic mass is 16.4. The molecule has 2 rings (SSSR count). The van der Waals surface area contributed by atoms with Gasteiger partial charge in [0, 0.05) is 5.92 Å². The molecule has 0 amide bonds. The van der Waals surface area contributed by atoms with Gasteiger partial charge in [0.2, 0.25) is 0 Å². The van der Waals surface area contributed by atoms with Gasteiger partial charge in [0.05, 0.1) is 23.3 Å². The van der Waals surface area contributed by atoms with Gasteiger partial charge in [-0.2, -0.15) is 0 Å². The van der Waals surface area contributed by atoms with E-state index in [-0.39, 0.29) is 18.1 Å². The van der Waals surface area contributed by atoms with Crippen molar-refractivity contribution >= 4 is 11.9 Å². The maximum absolute atomic E-state index is 10.2. The van der Waals surface area contributed by atoms with Crippen molar-refractivity contribution in [1.29, 1.82) is 0 Å². The lowest BCUT2D eigenvalue weighted by Crippen LogP contribution is -2.30. The first kappa shape index (κ1) is 27.3. The summed E-state index contributed by atoms with van der Waals surface area (Å²) >= 11 is 0. The Morgan fingerprint density at radius 3 is 1.33 bits per heavy atom. The third-order valence-electron chi connectivity index (χ3n) is 4.50. The quantitative estimate of drug-likeness (QED) is 0.493. The van der Waals surface area contributed by atoms with E-state index >= 15 is 0 Å². The molecule has 3 atom stereocenters. The number of hydrogen-bond donors (Lipinski definition) is 4. The zero-order chi connectivity index (χ0) is 22.9. The van der Waals surface area contributed by atoms with Gasteiger partial charge in [-0.05, 0) is 43.5 Å². The Balaban J connectivity index is 0.000000426. The molecule has 0 aliphatic carbocycles. The first-order valence-electron chi connectivity index (χ1n) is 10.2.